The monoisotopic (exact) mass is 372 g/mol. The summed E-state index contributed by atoms with van der Waals surface area (Å²) in [7, 11) is 3.28. The molecule has 0 aliphatic rings. The molecule has 7 nitrogen and oxygen atoms in total. The highest BCUT2D eigenvalue weighted by atomic mass is 19.1. The molecule has 1 atom stereocenters. The third-order valence-corrected chi connectivity index (χ3v) is 4.20. The molecule has 3 aromatic rings. The number of nitrogen functional groups attached to an aromatic ring is 1. The maximum atomic E-state index is 13.6. The van der Waals surface area contributed by atoms with Crippen molar-refractivity contribution in [2.45, 2.75) is 19.6 Å². The molecule has 0 fully saturated rings. The second kappa shape index (κ2) is 7.63. The van der Waals surface area contributed by atoms with Gasteiger partial charge in [0.1, 0.15) is 17.7 Å². The predicted molar refractivity (Wildman–Crippen MR) is 98.8 cm³/mol. The summed E-state index contributed by atoms with van der Waals surface area (Å²) < 4.78 is 26.5. The Hall–Kier alpha value is -3.13. The number of rotatable bonds is 6. The zero-order chi connectivity index (χ0) is 19.6. The number of aliphatic hydroxyl groups is 1. The lowest BCUT2D eigenvalue weighted by Crippen LogP contribution is -2.08. The lowest BCUT2D eigenvalue weighted by Gasteiger charge is -2.19. The molecule has 0 saturated carbocycles. The van der Waals surface area contributed by atoms with Crippen LogP contribution in [0.4, 0.5) is 10.2 Å². The molecule has 1 unspecified atom stereocenters. The molecule has 0 saturated heterocycles. The highest BCUT2D eigenvalue weighted by Crippen LogP contribution is 2.33. The van der Waals surface area contributed by atoms with E-state index < -0.39 is 6.10 Å². The zero-order valence-electron chi connectivity index (χ0n) is 15.3. The number of aromatic nitrogens is 3. The summed E-state index contributed by atoms with van der Waals surface area (Å²) in [5, 5.41) is 13.5. The fraction of sp³-hybridized carbons (Fsp3) is 0.263. The largest absolute Gasteiger partial charge is 0.496 e. The van der Waals surface area contributed by atoms with E-state index in [-0.39, 0.29) is 18.2 Å². The molecule has 0 spiro atoms. The van der Waals surface area contributed by atoms with Crippen LogP contribution in [0, 0.1) is 5.82 Å². The van der Waals surface area contributed by atoms with Gasteiger partial charge in [-0.15, -0.1) is 0 Å². The molecule has 3 rings (SSSR count). The minimum atomic E-state index is -0.519. The number of nitrogens with zero attached hydrogens (tertiary/aromatic N) is 3. The molecule has 1 aromatic carbocycles. The van der Waals surface area contributed by atoms with E-state index in [0.717, 1.165) is 11.3 Å². The number of hydrogen-bond acceptors (Lipinski definition) is 6. The highest BCUT2D eigenvalue weighted by Gasteiger charge is 2.17. The molecular formula is C19H21FN4O3. The predicted octanol–water partition coefficient (Wildman–Crippen LogP) is 2.84. The van der Waals surface area contributed by atoms with Crippen molar-refractivity contribution in [1.29, 1.82) is 0 Å². The van der Waals surface area contributed by atoms with Crippen LogP contribution >= 0.6 is 0 Å². The molecular weight excluding hydrogens is 351 g/mol. The van der Waals surface area contributed by atoms with Crippen LogP contribution in [0.1, 0.15) is 24.3 Å². The van der Waals surface area contributed by atoms with E-state index in [1.54, 1.807) is 43.0 Å². The van der Waals surface area contributed by atoms with Gasteiger partial charge in [-0.25, -0.2) is 9.37 Å². The number of nitrogens with two attached hydrogens (primary N) is 1. The van der Waals surface area contributed by atoms with E-state index in [2.05, 4.69) is 10.1 Å². The smallest absolute Gasteiger partial charge is 0.166 e. The molecule has 27 heavy (non-hydrogen) atoms. The molecule has 0 aliphatic heterocycles. The van der Waals surface area contributed by atoms with Crippen LogP contribution in [0.25, 0.3) is 11.3 Å². The molecule has 2 aromatic heterocycles. The first-order valence-electron chi connectivity index (χ1n) is 8.32. The SMILES string of the molecule is COc1ccc(F)cc1C(C)Oc1cc(-c2cc(CO)nn2C)cnc1N. The van der Waals surface area contributed by atoms with Gasteiger partial charge in [-0.2, -0.15) is 5.10 Å². The molecule has 8 heteroatoms. The van der Waals surface area contributed by atoms with Crippen molar-refractivity contribution in [2.24, 2.45) is 7.05 Å². The number of pyridine rings is 1. The van der Waals surface area contributed by atoms with Gasteiger partial charge in [0, 0.05) is 24.4 Å². The Bertz CT molecular complexity index is 958. The third kappa shape index (κ3) is 3.85. The fourth-order valence-corrected chi connectivity index (χ4v) is 2.84. The van der Waals surface area contributed by atoms with E-state index >= 15 is 0 Å². The first-order chi connectivity index (χ1) is 12.9. The number of anilines is 1. The van der Waals surface area contributed by atoms with Gasteiger partial charge in [0.15, 0.2) is 11.6 Å². The number of methoxy groups -OCH3 is 1. The third-order valence-electron chi connectivity index (χ3n) is 4.20. The minimum Gasteiger partial charge on any atom is -0.496 e. The number of benzene rings is 1. The number of halogens is 1. The van der Waals surface area contributed by atoms with E-state index in [9.17, 15) is 9.50 Å². The summed E-state index contributed by atoms with van der Waals surface area (Å²) in [5.74, 6) is 0.710. The summed E-state index contributed by atoms with van der Waals surface area (Å²) >= 11 is 0. The van der Waals surface area contributed by atoms with Gasteiger partial charge in [-0.3, -0.25) is 4.68 Å². The molecule has 3 N–H and O–H groups in total. The van der Waals surface area contributed by atoms with Crippen molar-refractivity contribution >= 4 is 5.82 Å². The fourth-order valence-electron chi connectivity index (χ4n) is 2.84. The second-order valence-corrected chi connectivity index (χ2v) is 6.06. The Morgan fingerprint density at radius 1 is 1.26 bits per heavy atom. The normalized spacial score (nSPS) is 12.0. The Balaban J connectivity index is 1.93. The maximum Gasteiger partial charge on any atom is 0.166 e. The van der Waals surface area contributed by atoms with Crippen LogP contribution in [0.2, 0.25) is 0 Å². The van der Waals surface area contributed by atoms with Gasteiger partial charge in [0.2, 0.25) is 0 Å². The van der Waals surface area contributed by atoms with E-state index in [1.807, 2.05) is 0 Å². The Morgan fingerprint density at radius 3 is 2.70 bits per heavy atom. The van der Waals surface area contributed by atoms with Crippen molar-refractivity contribution in [3.8, 4) is 22.8 Å². The molecule has 0 radical (unpaired) electrons. The van der Waals surface area contributed by atoms with E-state index in [1.165, 1.54) is 19.2 Å². The number of hydrogen-bond donors (Lipinski definition) is 2. The van der Waals surface area contributed by atoms with Gasteiger partial charge in [0.25, 0.3) is 0 Å². The molecule has 2 heterocycles. The zero-order valence-corrected chi connectivity index (χ0v) is 15.3. The highest BCUT2D eigenvalue weighted by molar-refractivity contribution is 5.64. The number of aliphatic hydroxyl groups excluding tert-OH is 1. The Labute approximate surface area is 156 Å². The molecule has 142 valence electrons. The lowest BCUT2D eigenvalue weighted by atomic mass is 10.1. The summed E-state index contributed by atoms with van der Waals surface area (Å²) in [6.07, 6.45) is 1.09. The summed E-state index contributed by atoms with van der Waals surface area (Å²) in [6.45, 7) is 1.62. The van der Waals surface area contributed by atoms with Crippen LogP contribution in [-0.4, -0.2) is 27.0 Å². The quantitative estimate of drug-likeness (QED) is 0.691. The molecule has 0 amide bonds. The Kier molecular flexibility index (Phi) is 5.27. The molecule has 0 bridgehead atoms. The standard InChI is InChI=1S/C19H21FN4O3/c1-11(15-7-13(20)4-5-17(15)26-3)27-18-6-12(9-22-19(18)21)16-8-14(10-25)23-24(16)2/h4-9,11,25H,10H2,1-3H3,(H2,21,22). The second-order valence-electron chi connectivity index (χ2n) is 6.06. The van der Waals surface area contributed by atoms with Crippen LogP contribution in [0.15, 0.2) is 36.5 Å². The van der Waals surface area contributed by atoms with Crippen LogP contribution in [0.5, 0.6) is 11.5 Å². The minimum absolute atomic E-state index is 0.157. The number of ether oxygens (including phenoxy) is 2. The van der Waals surface area contributed by atoms with E-state index in [4.69, 9.17) is 15.2 Å². The van der Waals surface area contributed by atoms with Crippen molar-refractivity contribution in [3.05, 3.63) is 53.6 Å². The van der Waals surface area contributed by atoms with E-state index in [0.29, 0.717) is 22.8 Å². The van der Waals surface area contributed by atoms with Crippen molar-refractivity contribution < 1.29 is 19.0 Å². The van der Waals surface area contributed by atoms with Crippen molar-refractivity contribution in [3.63, 3.8) is 0 Å². The summed E-state index contributed by atoms with van der Waals surface area (Å²) in [6, 6.07) is 7.74. The van der Waals surface area contributed by atoms with Gasteiger partial charge in [-0.1, -0.05) is 0 Å². The maximum absolute atomic E-state index is 13.6. The average Bonchev–Trinajstić information content (AvgIpc) is 3.04. The summed E-state index contributed by atoms with van der Waals surface area (Å²) in [4.78, 5) is 4.18. The van der Waals surface area contributed by atoms with Crippen molar-refractivity contribution in [2.75, 3.05) is 12.8 Å². The first kappa shape index (κ1) is 18.7. The topological polar surface area (TPSA) is 95.4 Å². The van der Waals surface area contributed by atoms with Gasteiger partial charge >= 0.3 is 0 Å². The number of aryl methyl sites for hydroxylation is 1. The van der Waals surface area contributed by atoms with Gasteiger partial charge < -0.3 is 20.3 Å². The van der Waals surface area contributed by atoms with Gasteiger partial charge in [-0.05, 0) is 37.3 Å². The van der Waals surface area contributed by atoms with Gasteiger partial charge in [0.05, 0.1) is 25.1 Å². The van der Waals surface area contributed by atoms with Crippen LogP contribution < -0.4 is 15.2 Å². The molecule has 0 aliphatic carbocycles. The Morgan fingerprint density at radius 2 is 2.04 bits per heavy atom. The van der Waals surface area contributed by atoms with Crippen LogP contribution in [-0.2, 0) is 13.7 Å². The summed E-state index contributed by atoms with van der Waals surface area (Å²) in [5.41, 5.74) is 8.55. The lowest BCUT2D eigenvalue weighted by molar-refractivity contribution is 0.221. The first-order valence-corrected chi connectivity index (χ1v) is 8.32. The van der Waals surface area contributed by atoms with Crippen molar-refractivity contribution in [1.82, 2.24) is 14.8 Å². The van der Waals surface area contributed by atoms with Crippen LogP contribution in [0.3, 0.4) is 0 Å². The average molecular weight is 372 g/mol.